The minimum Gasteiger partial charge on any atom is -0.465 e. The van der Waals surface area contributed by atoms with Crippen LogP contribution in [0, 0.1) is 10.1 Å². The molecule has 8 nitrogen and oxygen atoms in total. The highest BCUT2D eigenvalue weighted by Gasteiger charge is 2.41. The Morgan fingerprint density at radius 1 is 1.21 bits per heavy atom. The van der Waals surface area contributed by atoms with E-state index in [9.17, 15) is 19.7 Å². The van der Waals surface area contributed by atoms with Gasteiger partial charge in [-0.3, -0.25) is 15.0 Å². The van der Waals surface area contributed by atoms with E-state index in [1.165, 1.54) is 19.2 Å². The number of carbonyl (C=O) groups is 2. The third kappa shape index (κ3) is 4.00. The Morgan fingerprint density at radius 2 is 1.93 bits per heavy atom. The highest BCUT2D eigenvalue weighted by atomic mass is 16.6. The summed E-state index contributed by atoms with van der Waals surface area (Å²) in [6.07, 6.45) is 3.81. The van der Waals surface area contributed by atoms with Gasteiger partial charge in [-0.2, -0.15) is 0 Å². The van der Waals surface area contributed by atoms with Gasteiger partial charge in [-0.05, 0) is 57.2 Å². The van der Waals surface area contributed by atoms with Gasteiger partial charge >= 0.3 is 12.1 Å². The number of nitro groups is 1. The van der Waals surface area contributed by atoms with E-state index in [-0.39, 0.29) is 29.4 Å². The second-order valence-corrected chi connectivity index (χ2v) is 8.10. The lowest BCUT2D eigenvalue weighted by Gasteiger charge is -2.35. The first kappa shape index (κ1) is 19.9. The Balaban J connectivity index is 1.93. The molecule has 8 heteroatoms. The minimum absolute atomic E-state index is 0.0271. The van der Waals surface area contributed by atoms with Crippen LogP contribution in [0.25, 0.3) is 5.57 Å². The van der Waals surface area contributed by atoms with Crippen LogP contribution < -0.4 is 0 Å². The molecule has 2 aliphatic heterocycles. The number of nitrogens with zero attached hydrogens (tertiary/aromatic N) is 2. The lowest BCUT2D eigenvalue weighted by Crippen LogP contribution is -2.45. The summed E-state index contributed by atoms with van der Waals surface area (Å²) in [5.74, 6) is -0.625. The number of hydrogen-bond acceptors (Lipinski definition) is 6. The molecule has 3 rings (SSSR count). The van der Waals surface area contributed by atoms with Crippen molar-refractivity contribution >= 4 is 23.3 Å². The van der Waals surface area contributed by atoms with Crippen LogP contribution in [0.2, 0.25) is 0 Å². The van der Waals surface area contributed by atoms with Crippen molar-refractivity contribution in [2.75, 3.05) is 7.11 Å². The van der Waals surface area contributed by atoms with Crippen LogP contribution in [-0.4, -0.2) is 46.7 Å². The summed E-state index contributed by atoms with van der Waals surface area (Å²) in [6.45, 7) is 5.49. The van der Waals surface area contributed by atoms with Crippen LogP contribution in [0.4, 0.5) is 10.5 Å². The van der Waals surface area contributed by atoms with Crippen molar-refractivity contribution in [2.45, 2.75) is 57.7 Å². The second kappa shape index (κ2) is 7.26. The summed E-state index contributed by atoms with van der Waals surface area (Å²) in [5, 5.41) is 11.3. The van der Waals surface area contributed by atoms with Gasteiger partial charge in [0.1, 0.15) is 5.60 Å². The van der Waals surface area contributed by atoms with Crippen molar-refractivity contribution in [1.29, 1.82) is 0 Å². The number of ether oxygens (including phenoxy) is 2. The van der Waals surface area contributed by atoms with Gasteiger partial charge in [-0.1, -0.05) is 6.08 Å². The van der Waals surface area contributed by atoms with Gasteiger partial charge < -0.3 is 9.47 Å². The molecule has 0 saturated carbocycles. The largest absolute Gasteiger partial charge is 0.465 e. The van der Waals surface area contributed by atoms with E-state index in [1.807, 2.05) is 26.8 Å². The smallest absolute Gasteiger partial charge is 0.411 e. The molecular weight excluding hydrogens is 364 g/mol. The molecule has 0 aromatic heterocycles. The number of carbonyl (C=O) groups excluding carboxylic acids is 2. The molecule has 0 N–H and O–H groups in total. The first-order valence-electron chi connectivity index (χ1n) is 9.19. The lowest BCUT2D eigenvalue weighted by molar-refractivity contribution is -0.384. The van der Waals surface area contributed by atoms with Crippen LogP contribution in [0.15, 0.2) is 24.3 Å². The summed E-state index contributed by atoms with van der Waals surface area (Å²) >= 11 is 0. The number of fused-ring (bicyclic) bond motifs is 2. The van der Waals surface area contributed by atoms with Gasteiger partial charge in [0, 0.05) is 18.2 Å². The van der Waals surface area contributed by atoms with Crippen LogP contribution >= 0.6 is 0 Å². The molecule has 1 aromatic carbocycles. The Morgan fingerprint density at radius 3 is 2.50 bits per heavy atom. The molecule has 1 fully saturated rings. The monoisotopic (exact) mass is 388 g/mol. The Bertz CT molecular complexity index is 855. The lowest BCUT2D eigenvalue weighted by atomic mass is 9.93. The van der Waals surface area contributed by atoms with Gasteiger partial charge in [-0.25, -0.2) is 9.59 Å². The van der Waals surface area contributed by atoms with Crippen molar-refractivity contribution in [2.24, 2.45) is 0 Å². The van der Waals surface area contributed by atoms with E-state index in [4.69, 9.17) is 9.47 Å². The number of esters is 1. The molecule has 0 radical (unpaired) electrons. The topological polar surface area (TPSA) is 99.0 Å². The first-order valence-corrected chi connectivity index (χ1v) is 9.19. The van der Waals surface area contributed by atoms with Gasteiger partial charge in [0.05, 0.1) is 23.6 Å². The maximum absolute atomic E-state index is 12.6. The predicted octanol–water partition coefficient (Wildman–Crippen LogP) is 3.94. The van der Waals surface area contributed by atoms with Gasteiger partial charge in [0.25, 0.3) is 5.69 Å². The first-order chi connectivity index (χ1) is 13.1. The number of methoxy groups -OCH3 is 1. The number of nitro benzene ring substituents is 1. The fourth-order valence-electron chi connectivity index (χ4n) is 3.78. The van der Waals surface area contributed by atoms with Crippen molar-refractivity contribution < 1.29 is 24.0 Å². The fourth-order valence-corrected chi connectivity index (χ4v) is 3.78. The quantitative estimate of drug-likeness (QED) is 0.442. The summed E-state index contributed by atoms with van der Waals surface area (Å²) < 4.78 is 10.2. The molecule has 2 bridgehead atoms. The van der Waals surface area contributed by atoms with E-state index in [0.29, 0.717) is 12.0 Å². The van der Waals surface area contributed by atoms with E-state index in [2.05, 4.69) is 0 Å². The standard InChI is InChI=1S/C20H24N2O6/c1-20(2,3)28-19(24)21-15-5-6-16(21)9-13(8-15)12-7-14(18(23)27-4)11-17(10-12)22(25)26/h7-8,10-11,15-16H,5-6,9H2,1-4H3. The van der Waals surface area contributed by atoms with Crippen molar-refractivity contribution in [1.82, 2.24) is 4.90 Å². The Hall–Kier alpha value is -2.90. The molecule has 1 aromatic rings. The van der Waals surface area contributed by atoms with Gasteiger partial charge in [0.15, 0.2) is 0 Å². The molecule has 0 spiro atoms. The molecular formula is C20H24N2O6. The average molecular weight is 388 g/mol. The molecule has 28 heavy (non-hydrogen) atoms. The fraction of sp³-hybridized carbons (Fsp3) is 0.500. The van der Waals surface area contributed by atoms with E-state index < -0.39 is 16.5 Å². The summed E-state index contributed by atoms with van der Waals surface area (Å²) in [4.78, 5) is 37.0. The van der Waals surface area contributed by atoms with Gasteiger partial charge in [0.2, 0.25) is 0 Å². The minimum atomic E-state index is -0.625. The summed E-state index contributed by atoms with van der Waals surface area (Å²) in [6, 6.07) is 4.12. The zero-order chi connectivity index (χ0) is 20.6. The molecule has 150 valence electrons. The number of amides is 1. The normalized spacial score (nSPS) is 21.1. The van der Waals surface area contributed by atoms with Gasteiger partial charge in [-0.15, -0.1) is 0 Å². The molecule has 2 heterocycles. The molecule has 2 atom stereocenters. The molecule has 2 aliphatic rings. The molecule has 0 aliphatic carbocycles. The zero-order valence-corrected chi connectivity index (χ0v) is 16.4. The predicted molar refractivity (Wildman–Crippen MR) is 102 cm³/mol. The number of rotatable bonds is 3. The highest BCUT2D eigenvalue weighted by Crippen LogP contribution is 2.40. The summed E-state index contributed by atoms with van der Waals surface area (Å²) in [5.41, 5.74) is 0.891. The maximum Gasteiger partial charge on any atom is 0.411 e. The zero-order valence-electron chi connectivity index (χ0n) is 16.4. The maximum atomic E-state index is 12.6. The number of non-ortho nitro benzene ring substituents is 1. The third-order valence-electron chi connectivity index (χ3n) is 4.92. The molecule has 1 saturated heterocycles. The van der Waals surface area contributed by atoms with Crippen LogP contribution in [0.5, 0.6) is 0 Å². The van der Waals surface area contributed by atoms with Crippen LogP contribution in [-0.2, 0) is 9.47 Å². The van der Waals surface area contributed by atoms with Crippen molar-refractivity contribution in [3.8, 4) is 0 Å². The van der Waals surface area contributed by atoms with E-state index in [0.717, 1.165) is 18.4 Å². The SMILES string of the molecule is COC(=O)c1cc(C2=CC3CCC(C2)N3C(=O)OC(C)(C)C)cc([N+](=O)[O-])c1. The van der Waals surface area contributed by atoms with E-state index >= 15 is 0 Å². The van der Waals surface area contributed by atoms with Crippen LogP contribution in [0.1, 0.15) is 56.0 Å². The molecule has 2 unspecified atom stereocenters. The van der Waals surface area contributed by atoms with E-state index in [1.54, 1.807) is 11.0 Å². The van der Waals surface area contributed by atoms with Crippen molar-refractivity contribution in [3.63, 3.8) is 0 Å². The Kier molecular flexibility index (Phi) is 5.14. The average Bonchev–Trinajstić information content (AvgIpc) is 2.89. The highest BCUT2D eigenvalue weighted by molar-refractivity contribution is 5.91. The number of hydrogen-bond donors (Lipinski definition) is 0. The Labute approximate surface area is 163 Å². The summed E-state index contributed by atoms with van der Waals surface area (Å²) in [7, 11) is 1.24. The second-order valence-electron chi connectivity index (χ2n) is 8.10. The van der Waals surface area contributed by atoms with Crippen LogP contribution in [0.3, 0.4) is 0 Å². The van der Waals surface area contributed by atoms with Crippen molar-refractivity contribution in [3.05, 3.63) is 45.5 Å². The molecule has 1 amide bonds. The third-order valence-corrected chi connectivity index (χ3v) is 4.92. The number of benzene rings is 1.